The molecule has 0 saturated carbocycles. The lowest BCUT2D eigenvalue weighted by Crippen LogP contribution is -2.17. The molecule has 6 N–H and O–H groups in total. The van der Waals surface area contributed by atoms with Gasteiger partial charge in [0.25, 0.3) is 0 Å². The monoisotopic (exact) mass is 2100 g/mol. The van der Waals surface area contributed by atoms with E-state index in [1.807, 2.05) is 151 Å². The van der Waals surface area contributed by atoms with E-state index in [9.17, 15) is 30.6 Å². The summed E-state index contributed by atoms with van der Waals surface area (Å²) in [4.78, 5) is 0. The molecule has 12 rings (SSSR count). The number of aryl methyl sites for hydroxylation is 12. The van der Waals surface area contributed by atoms with Crippen molar-refractivity contribution in [3.63, 3.8) is 0 Å². The smallest absolute Gasteiger partial charge is 0.160 e. The summed E-state index contributed by atoms with van der Waals surface area (Å²) in [5.41, 5.74) is 9.02. The Hall–Kier alpha value is -13.2. The molecule has 816 valence electrons. The third-order valence-corrected chi connectivity index (χ3v) is 22.0. The second kappa shape index (κ2) is 72.3. The summed E-state index contributed by atoms with van der Waals surface area (Å²) >= 11 is 0. The SMILES string of the molecule is [2H]C([2H])(CCCc1ccc(OC)c(OC)c1)C(O)COc1cccc(C)c1.[2H]C([2H])([2H])Oc1cc(CCCC([2H])([2H])C(O)COc2cccc(C)c2)ccc1OC.[2H]C([2H])([2H])Oc1ccc(C([2H])([2H])C([2H])([2H])CCC(O)COc2cccc(C)c2)cc1OC.[2H]C([2H])([2H])Oc1ccc(C([2H])([2H])C([2H])([2H])CCC(O)COc2cccc(C)c2)cc1OC([2H])([2H])[2H].[2H]C([2H])([2H])Oc1ccc(CCCC([2H])([2H])C(O)COc2cccc(C)c2)cc1OC.[2H]C([2H])([2H])Oc1ccc(CCCC([2H])([2H])C(O)COc2cccc(C)c2)cc1OC([2H])([2H])[2H]. The molecule has 0 saturated heterocycles. The highest BCUT2D eigenvalue weighted by atomic mass is 16.5. The Kier molecular flexibility index (Phi) is 37.6. The summed E-state index contributed by atoms with van der Waals surface area (Å²) in [5, 5.41) is 61.4. The number of methoxy groups -OCH3 is 12. The maximum atomic E-state index is 10.3. The van der Waals surface area contributed by atoms with Crippen molar-refractivity contribution in [3.8, 4) is 103 Å². The van der Waals surface area contributed by atoms with E-state index >= 15 is 0 Å². The first-order chi connectivity index (χ1) is 86.6. The standard InChI is InChI=1S/6C21H28O4/c6*1-16-7-6-10-19(13-16)25-15-18(22)9-5-4-8-17-11-12-20(23-2)21(14-17)24-3/h6*6-7,10-14,18,22H,4-5,8-9,15H2,1-3H3/i2D3,3D3,4D2,8D2;2D3,4D2,8D2;2D3,3D3,9D2;3D3,9D2;2D3,9D2;9D2. The van der Waals surface area contributed by atoms with Crippen molar-refractivity contribution in [2.75, 3.05) is 124 Å². The van der Waals surface area contributed by atoms with Crippen molar-refractivity contribution in [3.05, 3.63) is 322 Å². The fourth-order valence-corrected chi connectivity index (χ4v) is 14.2. The van der Waals surface area contributed by atoms with Crippen LogP contribution in [-0.2, 0) is 38.4 Å². The highest BCUT2D eigenvalue weighted by molar-refractivity contribution is 5.48. The molecule has 24 nitrogen and oxygen atoms in total. The predicted octanol–water partition coefficient (Wildman–Crippen LogP) is 25.0. The van der Waals surface area contributed by atoms with Crippen LogP contribution in [0.5, 0.6) is 103 Å². The molecule has 0 fully saturated rings. The Labute approximate surface area is 945 Å². The largest absolute Gasteiger partial charge is 0.493 e. The number of ether oxygens (including phenoxy) is 18. The van der Waals surface area contributed by atoms with Gasteiger partial charge in [0.15, 0.2) is 69.0 Å². The van der Waals surface area contributed by atoms with Gasteiger partial charge in [-0.25, -0.2) is 0 Å². The fourth-order valence-electron chi connectivity index (χ4n) is 14.2. The second-order valence-corrected chi connectivity index (χ2v) is 34.2. The zero-order valence-corrected chi connectivity index (χ0v) is 86.8. The van der Waals surface area contributed by atoms with E-state index in [-0.39, 0.29) is 137 Å². The maximum absolute atomic E-state index is 10.3. The molecule has 12 aromatic carbocycles. The molecule has 6 atom stereocenters. The summed E-state index contributed by atoms with van der Waals surface area (Å²) in [6.45, 7) is 10.8. The van der Waals surface area contributed by atoms with E-state index in [4.69, 9.17) is 136 Å². The quantitative estimate of drug-likeness (QED) is 0.0206. The molecule has 0 aliphatic heterocycles. The minimum absolute atomic E-state index is 0.0182. The molecule has 24 heteroatoms. The molecule has 0 bridgehead atoms. The molecule has 0 amide bonds. The van der Waals surface area contributed by atoms with Crippen LogP contribution in [0.4, 0.5) is 0 Å². The summed E-state index contributed by atoms with van der Waals surface area (Å²) in [6.07, 6.45) is -20.7. The molecule has 0 radical (unpaired) electrons. The zero-order valence-electron chi connectivity index (χ0n) is 124. The van der Waals surface area contributed by atoms with E-state index in [0.717, 1.165) is 68.3 Å². The number of hydrogen-bond acceptors (Lipinski definition) is 24. The first-order valence-corrected chi connectivity index (χ1v) is 48.7. The lowest BCUT2D eigenvalue weighted by molar-refractivity contribution is 0.0976. The Morgan fingerprint density at radius 1 is 0.207 bits per heavy atom. The highest BCUT2D eigenvalue weighted by Crippen LogP contribution is 2.36. The van der Waals surface area contributed by atoms with Crippen molar-refractivity contribution in [2.45, 2.75) is 232 Å². The summed E-state index contributed by atoms with van der Waals surface area (Å²) in [6, 6.07) is 70.5. The number of rotatable bonds is 60. The van der Waals surface area contributed by atoms with Crippen LogP contribution in [0.15, 0.2) is 255 Å². The van der Waals surface area contributed by atoms with Crippen molar-refractivity contribution in [2.24, 2.45) is 0 Å². The Morgan fingerprint density at radius 2 is 0.393 bits per heavy atom. The third kappa shape index (κ3) is 49.5. The van der Waals surface area contributed by atoms with Gasteiger partial charge in [-0.05, 0) is 369 Å². The number of aliphatic hydroxyl groups excluding tert-OH is 6. The van der Waals surface area contributed by atoms with Crippen molar-refractivity contribution in [1.82, 2.24) is 0 Å². The van der Waals surface area contributed by atoms with Crippen LogP contribution in [0.25, 0.3) is 0 Å². The van der Waals surface area contributed by atoms with E-state index in [1.54, 1.807) is 105 Å². The molecule has 0 aliphatic rings. The first kappa shape index (κ1) is 78.0. The molecule has 12 aromatic rings. The lowest BCUT2D eigenvalue weighted by atomic mass is 10.0. The zero-order chi connectivity index (χ0) is 140. The van der Waals surface area contributed by atoms with Gasteiger partial charge in [-0.1, -0.05) is 148 Å². The van der Waals surface area contributed by atoms with E-state index < -0.39 is 148 Å². The normalized spacial score (nSPS) is 16.8. The minimum atomic E-state index is -2.99. The van der Waals surface area contributed by atoms with Gasteiger partial charge in [-0.15, -0.1) is 0 Å². The molecule has 0 spiro atoms. The van der Waals surface area contributed by atoms with Crippen LogP contribution in [0.3, 0.4) is 0 Å². The van der Waals surface area contributed by atoms with Crippen LogP contribution in [0.1, 0.15) is 233 Å². The minimum Gasteiger partial charge on any atom is -0.493 e. The molecule has 0 aromatic heterocycles. The summed E-state index contributed by atoms with van der Waals surface area (Å²) in [7, 11) is -12.0. The maximum Gasteiger partial charge on any atom is 0.160 e. The molecule has 0 aliphatic carbocycles. The molecule has 150 heavy (non-hydrogen) atoms. The van der Waals surface area contributed by atoms with Gasteiger partial charge < -0.3 is 116 Å². The van der Waals surface area contributed by atoms with Gasteiger partial charge in [0.2, 0.25) is 0 Å². The predicted molar refractivity (Wildman–Crippen MR) is 599 cm³/mol. The van der Waals surface area contributed by atoms with Gasteiger partial charge in [0, 0.05) is 21.9 Å². The summed E-state index contributed by atoms with van der Waals surface area (Å²) < 4.78 is 377. The number of hydrogen-bond donors (Lipinski definition) is 6. The van der Waals surface area contributed by atoms with E-state index in [1.165, 1.54) is 57.7 Å². The topological polar surface area (TPSA) is 288 Å². The van der Waals surface area contributed by atoms with Crippen molar-refractivity contribution < 1.29 is 167 Å². The third-order valence-electron chi connectivity index (χ3n) is 22.0. The number of benzene rings is 12. The average Bonchev–Trinajstić information content (AvgIpc) is 0.773. The Balaban J connectivity index is 0.000000299. The Morgan fingerprint density at radius 3 is 0.600 bits per heavy atom. The molecule has 6 unspecified atom stereocenters. The van der Waals surface area contributed by atoms with Crippen LogP contribution in [0, 0.1) is 41.5 Å². The molecular formula is C126H168O24. The van der Waals surface area contributed by atoms with Gasteiger partial charge in [-0.3, -0.25) is 0 Å². The average molecular weight is 2100 g/mol. The van der Waals surface area contributed by atoms with Gasteiger partial charge >= 0.3 is 0 Å². The van der Waals surface area contributed by atoms with Crippen molar-refractivity contribution >= 4 is 0 Å². The van der Waals surface area contributed by atoms with Crippen LogP contribution in [0.2, 0.25) is 0 Å². The van der Waals surface area contributed by atoms with Gasteiger partial charge in [0.1, 0.15) is 74.1 Å². The highest BCUT2D eigenvalue weighted by Gasteiger charge is 2.18. The van der Waals surface area contributed by atoms with E-state index in [0.29, 0.717) is 114 Å². The van der Waals surface area contributed by atoms with E-state index in [2.05, 4.69) is 0 Å². The fraction of sp³-hybridized carbons (Fsp3) is 0.429. The van der Waals surface area contributed by atoms with Crippen molar-refractivity contribution in [1.29, 1.82) is 0 Å². The molecule has 0 heterocycles. The number of aliphatic hydroxyl groups is 6. The van der Waals surface area contributed by atoms with Crippen LogP contribution >= 0.6 is 0 Å². The van der Waals surface area contributed by atoms with Gasteiger partial charge in [0.05, 0.1) is 150 Å². The van der Waals surface area contributed by atoms with Gasteiger partial charge in [-0.2, -0.15) is 0 Å². The van der Waals surface area contributed by atoms with Crippen LogP contribution in [-0.4, -0.2) is 192 Å². The second-order valence-electron chi connectivity index (χ2n) is 34.2. The lowest BCUT2D eigenvalue weighted by Gasteiger charge is -2.13. The molecular weight excluding hydrogens is 1900 g/mol. The van der Waals surface area contributed by atoms with Crippen LogP contribution < -0.4 is 85.3 Å². The Bertz CT molecular complexity index is 7390. The first-order valence-electron chi connectivity index (χ1n) is 67.2. The summed E-state index contributed by atoms with van der Waals surface area (Å²) in [5.74, 6) is 4.07.